The second kappa shape index (κ2) is 6.58. The van der Waals surface area contributed by atoms with Crippen molar-refractivity contribution in [3.8, 4) is 0 Å². The lowest BCUT2D eigenvalue weighted by molar-refractivity contribution is -0.121. The molecule has 0 aliphatic carbocycles. The number of hydrogen-bond acceptors (Lipinski definition) is 1. The van der Waals surface area contributed by atoms with E-state index in [1.54, 1.807) is 0 Å². The molecule has 0 saturated carbocycles. The average Bonchev–Trinajstić information content (AvgIpc) is 2.45. The number of carbonyl (C=O) groups excluding carboxylic acids is 1. The third kappa shape index (κ3) is 3.48. The van der Waals surface area contributed by atoms with Crippen molar-refractivity contribution < 1.29 is 4.79 Å². The Morgan fingerprint density at radius 2 is 1.95 bits per heavy atom. The highest BCUT2D eigenvalue weighted by Crippen LogP contribution is 2.18. The van der Waals surface area contributed by atoms with E-state index in [-0.39, 0.29) is 11.9 Å². The molecule has 2 nitrogen and oxygen atoms in total. The number of benzene rings is 2. The Morgan fingerprint density at radius 1 is 1.21 bits per heavy atom. The lowest BCUT2D eigenvalue weighted by Gasteiger charge is -2.14. The molecule has 1 N–H and O–H groups in total. The molecule has 0 spiro atoms. The van der Waals surface area contributed by atoms with E-state index in [0.717, 1.165) is 22.8 Å². The normalized spacial score (nSPS) is 12.3. The van der Waals surface area contributed by atoms with Gasteiger partial charge in [0.2, 0.25) is 5.91 Å². The zero-order chi connectivity index (χ0) is 13.7. The molecule has 2 aromatic carbocycles. The van der Waals surface area contributed by atoms with Gasteiger partial charge in [0, 0.05) is 11.9 Å². The number of amides is 1. The van der Waals surface area contributed by atoms with E-state index in [0.29, 0.717) is 12.3 Å². The molecule has 19 heavy (non-hydrogen) atoms. The maximum atomic E-state index is 12.0. The molecular weight excluding hydrogens is 258 g/mol. The van der Waals surface area contributed by atoms with Crippen LogP contribution in [-0.2, 0) is 11.2 Å². The molecule has 1 atom stereocenters. The predicted octanol–water partition coefficient (Wildman–Crippen LogP) is 3.52. The minimum absolute atomic E-state index is 0.0313. The Kier molecular flexibility index (Phi) is 4.80. The van der Waals surface area contributed by atoms with Gasteiger partial charge in [0.25, 0.3) is 0 Å². The summed E-state index contributed by atoms with van der Waals surface area (Å²) in [6, 6.07) is 14.2. The summed E-state index contributed by atoms with van der Waals surface area (Å²) < 4.78 is 0. The fourth-order valence-corrected chi connectivity index (χ4v) is 2.44. The first-order valence-electron chi connectivity index (χ1n) is 6.56. The molecule has 0 aromatic heterocycles. The topological polar surface area (TPSA) is 29.1 Å². The summed E-state index contributed by atoms with van der Waals surface area (Å²) >= 11 is 5.80. The van der Waals surface area contributed by atoms with Crippen molar-refractivity contribution in [2.75, 3.05) is 5.88 Å². The van der Waals surface area contributed by atoms with Crippen LogP contribution in [0.15, 0.2) is 42.5 Å². The average molecular weight is 276 g/mol. The van der Waals surface area contributed by atoms with Crippen molar-refractivity contribution in [3.05, 3.63) is 48.0 Å². The first-order valence-corrected chi connectivity index (χ1v) is 7.10. The molecule has 0 aliphatic heterocycles. The first-order chi connectivity index (χ1) is 9.24. The summed E-state index contributed by atoms with van der Waals surface area (Å²) in [6.07, 6.45) is 1.25. The van der Waals surface area contributed by atoms with Crippen molar-refractivity contribution in [2.24, 2.45) is 0 Å². The maximum absolute atomic E-state index is 12.0. The lowest BCUT2D eigenvalue weighted by atomic mass is 10.0. The van der Waals surface area contributed by atoms with Gasteiger partial charge >= 0.3 is 0 Å². The smallest absolute Gasteiger partial charge is 0.224 e. The number of alkyl halides is 1. The Morgan fingerprint density at radius 3 is 2.68 bits per heavy atom. The van der Waals surface area contributed by atoms with E-state index in [9.17, 15) is 4.79 Å². The van der Waals surface area contributed by atoms with Crippen molar-refractivity contribution in [1.29, 1.82) is 0 Å². The van der Waals surface area contributed by atoms with Gasteiger partial charge in [-0.15, -0.1) is 11.6 Å². The number of halogens is 1. The van der Waals surface area contributed by atoms with Crippen LogP contribution in [-0.4, -0.2) is 17.8 Å². The van der Waals surface area contributed by atoms with Gasteiger partial charge in [-0.05, 0) is 22.8 Å². The molecule has 100 valence electrons. The van der Waals surface area contributed by atoms with Crippen LogP contribution in [0.5, 0.6) is 0 Å². The Bertz CT molecular complexity index is 558. The van der Waals surface area contributed by atoms with Crippen molar-refractivity contribution >= 4 is 28.3 Å². The fraction of sp³-hybridized carbons (Fsp3) is 0.312. The Labute approximate surface area is 118 Å². The van der Waals surface area contributed by atoms with Crippen LogP contribution in [0, 0.1) is 0 Å². The predicted molar refractivity (Wildman–Crippen MR) is 80.6 cm³/mol. The van der Waals surface area contributed by atoms with Crippen molar-refractivity contribution in [2.45, 2.75) is 25.8 Å². The minimum atomic E-state index is 0.0313. The zero-order valence-electron chi connectivity index (χ0n) is 11.0. The number of nitrogens with one attached hydrogen (secondary N) is 1. The fourth-order valence-electron chi connectivity index (χ4n) is 2.15. The highest BCUT2D eigenvalue weighted by Gasteiger charge is 2.11. The van der Waals surface area contributed by atoms with Gasteiger partial charge in [-0.1, -0.05) is 49.4 Å². The minimum Gasteiger partial charge on any atom is -0.352 e. The summed E-state index contributed by atoms with van der Waals surface area (Å²) in [5.74, 6) is 0.487. The van der Waals surface area contributed by atoms with Crippen LogP contribution in [0.1, 0.15) is 18.9 Å². The van der Waals surface area contributed by atoms with Gasteiger partial charge in [-0.2, -0.15) is 0 Å². The number of rotatable bonds is 5. The van der Waals surface area contributed by atoms with Gasteiger partial charge in [-0.25, -0.2) is 0 Å². The molecular formula is C16H18ClNO. The monoisotopic (exact) mass is 275 g/mol. The molecule has 2 aromatic rings. The summed E-state index contributed by atoms with van der Waals surface area (Å²) in [5, 5.41) is 5.26. The molecule has 0 heterocycles. The summed E-state index contributed by atoms with van der Waals surface area (Å²) in [4.78, 5) is 12.0. The molecule has 0 aliphatic rings. The lowest BCUT2D eigenvalue weighted by Crippen LogP contribution is -2.36. The highest BCUT2D eigenvalue weighted by atomic mass is 35.5. The van der Waals surface area contributed by atoms with Crippen LogP contribution < -0.4 is 5.32 Å². The molecule has 0 bridgehead atoms. The van der Waals surface area contributed by atoms with Crippen LogP contribution in [0.2, 0.25) is 0 Å². The van der Waals surface area contributed by atoms with Crippen LogP contribution in [0.3, 0.4) is 0 Å². The third-order valence-corrected chi connectivity index (χ3v) is 3.65. The second-order valence-electron chi connectivity index (χ2n) is 4.64. The molecule has 0 fully saturated rings. The maximum Gasteiger partial charge on any atom is 0.224 e. The van der Waals surface area contributed by atoms with E-state index in [1.165, 1.54) is 0 Å². The van der Waals surface area contributed by atoms with Gasteiger partial charge < -0.3 is 5.32 Å². The highest BCUT2D eigenvalue weighted by molar-refractivity contribution is 6.18. The number of carbonyl (C=O) groups is 1. The van der Waals surface area contributed by atoms with Gasteiger partial charge in [0.05, 0.1) is 6.42 Å². The number of hydrogen-bond donors (Lipinski definition) is 1. The summed E-state index contributed by atoms with van der Waals surface area (Å²) in [7, 11) is 0. The van der Waals surface area contributed by atoms with Crippen LogP contribution >= 0.6 is 11.6 Å². The molecule has 0 saturated heterocycles. The SMILES string of the molecule is CCC(CCl)NC(=O)Cc1cccc2ccccc12. The second-order valence-corrected chi connectivity index (χ2v) is 4.95. The van der Waals surface area contributed by atoms with Crippen molar-refractivity contribution in [3.63, 3.8) is 0 Å². The first kappa shape index (κ1) is 13.9. The Balaban J connectivity index is 2.15. The van der Waals surface area contributed by atoms with Crippen LogP contribution in [0.4, 0.5) is 0 Å². The zero-order valence-corrected chi connectivity index (χ0v) is 11.8. The van der Waals surface area contributed by atoms with Crippen molar-refractivity contribution in [1.82, 2.24) is 5.32 Å². The summed E-state index contributed by atoms with van der Waals surface area (Å²) in [6.45, 7) is 2.02. The van der Waals surface area contributed by atoms with E-state index >= 15 is 0 Å². The summed E-state index contributed by atoms with van der Waals surface area (Å²) in [5.41, 5.74) is 1.06. The van der Waals surface area contributed by atoms with E-state index in [2.05, 4.69) is 23.5 Å². The Hall–Kier alpha value is -1.54. The van der Waals surface area contributed by atoms with Gasteiger partial charge in [0.1, 0.15) is 0 Å². The van der Waals surface area contributed by atoms with E-state index in [4.69, 9.17) is 11.6 Å². The molecule has 0 radical (unpaired) electrons. The van der Waals surface area contributed by atoms with E-state index in [1.807, 2.05) is 31.2 Å². The molecule has 1 amide bonds. The molecule has 1 unspecified atom stereocenters. The van der Waals surface area contributed by atoms with Gasteiger partial charge in [0.15, 0.2) is 0 Å². The quantitative estimate of drug-likeness (QED) is 0.831. The van der Waals surface area contributed by atoms with E-state index < -0.39 is 0 Å². The largest absolute Gasteiger partial charge is 0.352 e. The number of fused-ring (bicyclic) bond motifs is 1. The van der Waals surface area contributed by atoms with Crippen LogP contribution in [0.25, 0.3) is 10.8 Å². The molecule has 3 heteroatoms. The molecule has 2 rings (SSSR count). The third-order valence-electron chi connectivity index (χ3n) is 3.28. The standard InChI is InChI=1S/C16H18ClNO/c1-2-14(11-17)18-16(19)10-13-8-5-7-12-6-3-4-9-15(12)13/h3-9,14H,2,10-11H2,1H3,(H,18,19). The van der Waals surface area contributed by atoms with Gasteiger partial charge in [-0.3, -0.25) is 4.79 Å².